The molecule has 0 atom stereocenters. The maximum Gasteiger partial charge on any atom is 0.177 e. The Morgan fingerprint density at radius 2 is 1.86 bits per heavy atom. The summed E-state index contributed by atoms with van der Waals surface area (Å²) in [5.41, 5.74) is 3.56. The van der Waals surface area contributed by atoms with E-state index >= 15 is 0 Å². The average Bonchev–Trinajstić information content (AvgIpc) is 3.30. The Morgan fingerprint density at radius 3 is 2.52 bits per heavy atom. The van der Waals surface area contributed by atoms with Gasteiger partial charge in [-0.1, -0.05) is 5.16 Å². The first-order valence-electron chi connectivity index (χ1n) is 9.00. The molecule has 0 spiro atoms. The van der Waals surface area contributed by atoms with Crippen LogP contribution in [0.1, 0.15) is 17.2 Å². The van der Waals surface area contributed by atoms with Crippen molar-refractivity contribution in [3.8, 4) is 22.8 Å². The molecule has 2 N–H and O–H groups in total. The van der Waals surface area contributed by atoms with Gasteiger partial charge in [0, 0.05) is 17.1 Å². The number of anilines is 2. The first kappa shape index (κ1) is 18.8. The highest BCUT2D eigenvalue weighted by atomic mass is 16.5. The molecule has 4 rings (SSSR count). The number of fused-ring (bicyclic) bond motifs is 1. The van der Waals surface area contributed by atoms with Gasteiger partial charge in [0.2, 0.25) is 0 Å². The Labute approximate surface area is 167 Å². The summed E-state index contributed by atoms with van der Waals surface area (Å²) in [6.45, 7) is 3.51. The molecule has 8 nitrogen and oxygen atoms in total. The van der Waals surface area contributed by atoms with E-state index in [0.29, 0.717) is 40.1 Å². The third-order valence-corrected chi connectivity index (χ3v) is 4.64. The molecule has 3 heterocycles. The van der Waals surface area contributed by atoms with Gasteiger partial charge in [-0.2, -0.15) is 0 Å². The van der Waals surface area contributed by atoms with Gasteiger partial charge in [-0.3, -0.25) is 0 Å². The summed E-state index contributed by atoms with van der Waals surface area (Å²) in [4.78, 5) is 4.75. The Morgan fingerprint density at radius 1 is 1.07 bits per heavy atom. The van der Waals surface area contributed by atoms with Crippen LogP contribution in [-0.2, 0) is 6.61 Å². The molecule has 0 amide bonds. The predicted molar refractivity (Wildman–Crippen MR) is 108 cm³/mol. The second-order valence-electron chi connectivity index (χ2n) is 6.54. The number of hydrogen-bond donors (Lipinski definition) is 2. The van der Waals surface area contributed by atoms with Crippen LogP contribution in [-0.4, -0.2) is 29.5 Å². The highest BCUT2D eigenvalue weighted by Gasteiger charge is 2.18. The number of methoxy groups -OCH3 is 2. The Hall–Kier alpha value is -3.52. The summed E-state index contributed by atoms with van der Waals surface area (Å²) in [5, 5.41) is 17.6. The first-order valence-corrected chi connectivity index (χ1v) is 9.00. The highest BCUT2D eigenvalue weighted by Crippen LogP contribution is 2.36. The smallest absolute Gasteiger partial charge is 0.177 e. The van der Waals surface area contributed by atoms with Crippen molar-refractivity contribution in [3.63, 3.8) is 0 Å². The molecule has 0 aliphatic rings. The van der Waals surface area contributed by atoms with E-state index in [1.807, 2.05) is 32.0 Å². The topological polar surface area (TPSA) is 103 Å². The van der Waals surface area contributed by atoms with E-state index < -0.39 is 0 Å². The Balaban J connectivity index is 1.85. The highest BCUT2D eigenvalue weighted by molar-refractivity contribution is 5.92. The van der Waals surface area contributed by atoms with E-state index in [1.165, 1.54) is 0 Å². The number of pyridine rings is 1. The van der Waals surface area contributed by atoms with Gasteiger partial charge in [-0.05, 0) is 38.1 Å². The zero-order valence-corrected chi connectivity index (χ0v) is 16.6. The Bertz CT molecular complexity index is 1160. The number of aromatic nitrogens is 2. The standard InChI is InChI=1S/C21H21N3O5/c1-11-19(12(2)29-24-11)16-8-13-7-15(10-25)28-20(13)21(23-16)22-14-5-6-17(26-3)18(9-14)27-4/h5-9,25H,10H2,1-4H3,(H,22,23). The van der Waals surface area contributed by atoms with Gasteiger partial charge >= 0.3 is 0 Å². The number of aliphatic hydroxyl groups is 1. The zero-order valence-electron chi connectivity index (χ0n) is 16.6. The van der Waals surface area contributed by atoms with Gasteiger partial charge in [0.05, 0.1) is 31.2 Å². The van der Waals surface area contributed by atoms with Crippen LogP contribution in [0.2, 0.25) is 0 Å². The van der Waals surface area contributed by atoms with Crippen LogP contribution < -0.4 is 14.8 Å². The molecule has 0 aliphatic heterocycles. The molecule has 0 bridgehead atoms. The maximum atomic E-state index is 9.50. The lowest BCUT2D eigenvalue weighted by Crippen LogP contribution is -1.98. The molecule has 150 valence electrons. The van der Waals surface area contributed by atoms with Crippen LogP contribution in [0.5, 0.6) is 11.5 Å². The minimum Gasteiger partial charge on any atom is -0.493 e. The summed E-state index contributed by atoms with van der Waals surface area (Å²) >= 11 is 0. The van der Waals surface area contributed by atoms with Crippen molar-refractivity contribution in [2.75, 3.05) is 19.5 Å². The third kappa shape index (κ3) is 3.38. The van der Waals surface area contributed by atoms with Gasteiger partial charge in [0.25, 0.3) is 0 Å². The van der Waals surface area contributed by atoms with Gasteiger partial charge in [0.15, 0.2) is 22.9 Å². The van der Waals surface area contributed by atoms with Crippen LogP contribution in [0.25, 0.3) is 22.2 Å². The van der Waals surface area contributed by atoms with Crippen molar-refractivity contribution in [3.05, 3.63) is 47.5 Å². The fourth-order valence-electron chi connectivity index (χ4n) is 3.29. The summed E-state index contributed by atoms with van der Waals surface area (Å²) in [6, 6.07) is 9.15. The van der Waals surface area contributed by atoms with Crippen LogP contribution in [0.15, 0.2) is 39.3 Å². The molecule has 0 radical (unpaired) electrons. The number of aryl methyl sites for hydroxylation is 2. The van der Waals surface area contributed by atoms with E-state index in [0.717, 1.165) is 22.3 Å². The average molecular weight is 395 g/mol. The van der Waals surface area contributed by atoms with E-state index in [-0.39, 0.29) is 6.61 Å². The van der Waals surface area contributed by atoms with Crippen LogP contribution in [0.4, 0.5) is 11.5 Å². The number of rotatable bonds is 6. The number of hydrogen-bond acceptors (Lipinski definition) is 8. The van der Waals surface area contributed by atoms with Crippen molar-refractivity contribution < 1.29 is 23.5 Å². The number of aliphatic hydroxyl groups excluding tert-OH is 1. The second-order valence-corrected chi connectivity index (χ2v) is 6.54. The molecule has 3 aromatic heterocycles. The minimum atomic E-state index is -0.203. The second kappa shape index (κ2) is 7.48. The van der Waals surface area contributed by atoms with Crippen LogP contribution >= 0.6 is 0 Å². The normalized spacial score (nSPS) is 11.1. The summed E-state index contributed by atoms with van der Waals surface area (Å²) in [7, 11) is 3.17. The molecule has 4 aromatic rings. The lowest BCUT2D eigenvalue weighted by atomic mass is 10.1. The fourth-order valence-corrected chi connectivity index (χ4v) is 3.29. The van der Waals surface area contributed by atoms with E-state index in [1.54, 1.807) is 26.4 Å². The maximum absolute atomic E-state index is 9.50. The molecular formula is C21H21N3O5. The van der Waals surface area contributed by atoms with E-state index in [9.17, 15) is 5.11 Å². The molecule has 0 aliphatic carbocycles. The predicted octanol–water partition coefficient (Wildman–Crippen LogP) is 4.35. The lowest BCUT2D eigenvalue weighted by Gasteiger charge is -2.12. The molecule has 8 heteroatoms. The zero-order chi connectivity index (χ0) is 20.5. The van der Waals surface area contributed by atoms with Crippen LogP contribution in [0, 0.1) is 13.8 Å². The van der Waals surface area contributed by atoms with Crippen molar-refractivity contribution in [1.82, 2.24) is 10.1 Å². The van der Waals surface area contributed by atoms with Gasteiger partial charge in [0.1, 0.15) is 18.1 Å². The van der Waals surface area contributed by atoms with Crippen molar-refractivity contribution in [2.24, 2.45) is 0 Å². The lowest BCUT2D eigenvalue weighted by molar-refractivity contribution is 0.251. The molecule has 0 fully saturated rings. The van der Waals surface area contributed by atoms with Crippen LogP contribution in [0.3, 0.4) is 0 Å². The molecule has 0 saturated heterocycles. The number of furan rings is 1. The van der Waals surface area contributed by atoms with Gasteiger partial charge < -0.3 is 28.8 Å². The first-order chi connectivity index (χ1) is 14.0. The molecular weight excluding hydrogens is 374 g/mol. The number of ether oxygens (including phenoxy) is 2. The quantitative estimate of drug-likeness (QED) is 0.497. The molecule has 0 saturated carbocycles. The molecule has 0 unspecified atom stereocenters. The summed E-state index contributed by atoms with van der Waals surface area (Å²) in [6.07, 6.45) is 0. The van der Waals surface area contributed by atoms with E-state index in [4.69, 9.17) is 23.4 Å². The molecule has 1 aromatic carbocycles. The van der Waals surface area contributed by atoms with Crippen molar-refractivity contribution >= 4 is 22.5 Å². The Kier molecular flexibility index (Phi) is 4.85. The monoisotopic (exact) mass is 395 g/mol. The third-order valence-electron chi connectivity index (χ3n) is 4.64. The summed E-state index contributed by atoms with van der Waals surface area (Å²) < 4.78 is 21.7. The minimum absolute atomic E-state index is 0.203. The van der Waals surface area contributed by atoms with Crippen molar-refractivity contribution in [2.45, 2.75) is 20.5 Å². The van der Waals surface area contributed by atoms with E-state index in [2.05, 4.69) is 10.5 Å². The van der Waals surface area contributed by atoms with Crippen molar-refractivity contribution in [1.29, 1.82) is 0 Å². The SMILES string of the molecule is COc1ccc(Nc2nc(-c3c(C)noc3C)cc3cc(CO)oc23)cc1OC. The number of nitrogens with one attached hydrogen (secondary N) is 1. The van der Waals surface area contributed by atoms with Gasteiger partial charge in [-0.25, -0.2) is 4.98 Å². The fraction of sp³-hybridized carbons (Fsp3) is 0.238. The van der Waals surface area contributed by atoms with Gasteiger partial charge in [-0.15, -0.1) is 0 Å². The summed E-state index contributed by atoms with van der Waals surface area (Å²) in [5.74, 6) is 2.85. The molecule has 29 heavy (non-hydrogen) atoms. The largest absolute Gasteiger partial charge is 0.493 e. The number of benzene rings is 1. The number of nitrogens with zero attached hydrogens (tertiary/aromatic N) is 2.